The molecular formula is C24H24Cl2Ti. The van der Waals surface area contributed by atoms with Crippen LogP contribution in [0.25, 0.3) is 11.1 Å². The van der Waals surface area contributed by atoms with Gasteiger partial charge in [-0.25, -0.2) is 12.1 Å². The minimum absolute atomic E-state index is 0. The van der Waals surface area contributed by atoms with E-state index in [2.05, 4.69) is 42.5 Å². The fourth-order valence-corrected chi connectivity index (χ4v) is 3.92. The van der Waals surface area contributed by atoms with Crippen LogP contribution in [0.1, 0.15) is 43.2 Å². The average molecular weight is 431 g/mol. The van der Waals surface area contributed by atoms with Gasteiger partial charge in [-0.15, -0.1) is 28.8 Å². The molecule has 3 heteroatoms. The number of hydrogen-bond acceptors (Lipinski definition) is 0. The van der Waals surface area contributed by atoms with E-state index in [0.717, 1.165) is 19.3 Å². The van der Waals surface area contributed by atoms with E-state index >= 15 is 0 Å². The van der Waals surface area contributed by atoms with Gasteiger partial charge >= 0.3 is 21.7 Å². The van der Waals surface area contributed by atoms with Crippen LogP contribution in [0.2, 0.25) is 0 Å². The minimum atomic E-state index is -0.377. The van der Waals surface area contributed by atoms with E-state index in [4.69, 9.17) is 23.2 Å². The molecule has 0 spiro atoms. The molecule has 0 aliphatic heterocycles. The van der Waals surface area contributed by atoms with Crippen molar-refractivity contribution in [3.05, 3.63) is 90.0 Å². The average Bonchev–Trinajstić information content (AvgIpc) is 3.33. The van der Waals surface area contributed by atoms with Crippen LogP contribution < -0.4 is 0 Å². The van der Waals surface area contributed by atoms with E-state index in [0.29, 0.717) is 0 Å². The first-order valence-corrected chi connectivity index (χ1v) is 10.0. The Morgan fingerprint density at radius 2 is 1.48 bits per heavy atom. The SMILES string of the molecule is ClC1(Cl)CCCCC1.[Ti+2].[c-]1cccc2c1Cc1ccccc1-2.c1cc[cH-]c1. The van der Waals surface area contributed by atoms with Crippen molar-refractivity contribution in [2.45, 2.75) is 42.9 Å². The van der Waals surface area contributed by atoms with Gasteiger partial charge in [0, 0.05) is 0 Å². The van der Waals surface area contributed by atoms with Crippen molar-refractivity contribution in [1.82, 2.24) is 0 Å². The maximum atomic E-state index is 5.84. The third-order valence-electron chi connectivity index (χ3n) is 4.76. The summed E-state index contributed by atoms with van der Waals surface area (Å²) in [5, 5.41) is 0. The molecule has 0 radical (unpaired) electrons. The van der Waals surface area contributed by atoms with Crippen LogP contribution in [-0.4, -0.2) is 4.33 Å². The van der Waals surface area contributed by atoms with Crippen molar-refractivity contribution >= 4 is 23.2 Å². The Bertz CT molecular complexity index is 725. The Hall–Kier alpha value is -0.916. The normalized spacial score (nSPS) is 15.6. The van der Waals surface area contributed by atoms with Gasteiger partial charge in [0.1, 0.15) is 4.33 Å². The van der Waals surface area contributed by atoms with Gasteiger partial charge in [0.05, 0.1) is 0 Å². The van der Waals surface area contributed by atoms with Crippen molar-refractivity contribution in [2.75, 3.05) is 0 Å². The summed E-state index contributed by atoms with van der Waals surface area (Å²) in [6.45, 7) is 0. The molecular weight excluding hydrogens is 407 g/mol. The third-order valence-corrected chi connectivity index (χ3v) is 5.51. The second-order valence-corrected chi connectivity index (χ2v) is 8.42. The first-order valence-electron chi connectivity index (χ1n) is 9.28. The number of hydrogen-bond donors (Lipinski definition) is 0. The third kappa shape index (κ3) is 6.88. The molecule has 1 fully saturated rings. The van der Waals surface area contributed by atoms with E-state index in [9.17, 15) is 0 Å². The van der Waals surface area contributed by atoms with E-state index in [1.807, 2.05) is 36.4 Å². The zero-order chi connectivity index (χ0) is 18.2. The molecule has 0 heterocycles. The Kier molecular flexibility index (Phi) is 9.26. The number of benzene rings is 2. The van der Waals surface area contributed by atoms with Crippen LogP contribution in [0.4, 0.5) is 0 Å². The zero-order valence-corrected chi connectivity index (χ0v) is 18.5. The molecule has 0 atom stereocenters. The van der Waals surface area contributed by atoms with Crippen molar-refractivity contribution < 1.29 is 21.7 Å². The summed E-state index contributed by atoms with van der Waals surface area (Å²) in [5.41, 5.74) is 5.51. The van der Waals surface area contributed by atoms with Gasteiger partial charge in [-0.1, -0.05) is 54.7 Å². The van der Waals surface area contributed by atoms with E-state index in [1.54, 1.807) is 0 Å². The van der Waals surface area contributed by atoms with Crippen molar-refractivity contribution in [3.8, 4) is 11.1 Å². The van der Waals surface area contributed by atoms with Crippen molar-refractivity contribution in [2.24, 2.45) is 0 Å². The molecule has 1 saturated carbocycles. The predicted molar refractivity (Wildman–Crippen MR) is 113 cm³/mol. The first-order chi connectivity index (χ1) is 12.7. The summed E-state index contributed by atoms with van der Waals surface area (Å²) in [6.07, 6.45) is 6.72. The predicted octanol–water partition coefficient (Wildman–Crippen LogP) is 7.59. The summed E-state index contributed by atoms with van der Waals surface area (Å²) >= 11 is 11.7. The molecule has 27 heavy (non-hydrogen) atoms. The van der Waals surface area contributed by atoms with Gasteiger partial charge in [-0.05, 0) is 19.3 Å². The molecule has 0 amide bonds. The Balaban J connectivity index is 0.000000161. The van der Waals surface area contributed by atoms with Gasteiger partial charge < -0.3 is 0 Å². The Morgan fingerprint density at radius 1 is 0.815 bits per heavy atom. The molecule has 3 aromatic carbocycles. The fraction of sp³-hybridized carbons (Fsp3) is 0.292. The number of rotatable bonds is 0. The van der Waals surface area contributed by atoms with Crippen LogP contribution in [0.5, 0.6) is 0 Å². The molecule has 0 saturated heterocycles. The van der Waals surface area contributed by atoms with Gasteiger partial charge in [-0.2, -0.15) is 48.0 Å². The maximum Gasteiger partial charge on any atom is 2.00 e. The molecule has 5 rings (SSSR count). The topological polar surface area (TPSA) is 0 Å². The molecule has 0 unspecified atom stereocenters. The molecule has 2 aliphatic rings. The quantitative estimate of drug-likeness (QED) is 0.153. The summed E-state index contributed by atoms with van der Waals surface area (Å²) in [4.78, 5) is 0. The van der Waals surface area contributed by atoms with Gasteiger partial charge in [0.15, 0.2) is 0 Å². The van der Waals surface area contributed by atoms with E-state index in [-0.39, 0.29) is 26.1 Å². The van der Waals surface area contributed by atoms with E-state index in [1.165, 1.54) is 41.5 Å². The summed E-state index contributed by atoms with van der Waals surface area (Å²) < 4.78 is -0.377. The Morgan fingerprint density at radius 3 is 2.07 bits per heavy atom. The molecule has 3 aromatic rings. The van der Waals surface area contributed by atoms with Crippen LogP contribution in [0.15, 0.2) is 72.8 Å². The van der Waals surface area contributed by atoms with Crippen LogP contribution in [0, 0.1) is 6.07 Å². The molecule has 0 aromatic heterocycles. The summed E-state index contributed by atoms with van der Waals surface area (Å²) in [5.74, 6) is 0. The second kappa shape index (κ2) is 11.2. The largest absolute Gasteiger partial charge is 2.00 e. The molecule has 0 nitrogen and oxygen atoms in total. The number of alkyl halides is 2. The van der Waals surface area contributed by atoms with Crippen molar-refractivity contribution in [1.29, 1.82) is 0 Å². The van der Waals surface area contributed by atoms with Gasteiger partial charge in [0.2, 0.25) is 0 Å². The van der Waals surface area contributed by atoms with Crippen LogP contribution >= 0.6 is 23.2 Å². The molecule has 2 aliphatic carbocycles. The standard InChI is InChI=1S/C13H9.C6H10Cl2.C5H5.Ti/c1-3-7-12-10(5-1)9-11-6-2-4-8-13(11)12;7-6(8)4-2-1-3-5-6;1-2-4-5-3-1;/h1-5,7-8H,9H2;1-5H2;1-5H;/q-1;;-1;+2. The molecule has 138 valence electrons. The van der Waals surface area contributed by atoms with Crippen LogP contribution in [-0.2, 0) is 28.1 Å². The fourth-order valence-electron chi connectivity index (χ4n) is 3.39. The van der Waals surface area contributed by atoms with Gasteiger partial charge in [0.25, 0.3) is 0 Å². The van der Waals surface area contributed by atoms with Crippen molar-refractivity contribution in [3.63, 3.8) is 0 Å². The number of fused-ring (bicyclic) bond motifs is 3. The first kappa shape index (κ1) is 22.4. The second-order valence-electron chi connectivity index (χ2n) is 6.78. The monoisotopic (exact) mass is 430 g/mol. The summed E-state index contributed by atoms with van der Waals surface area (Å²) in [6, 6.07) is 28.1. The molecule has 0 bridgehead atoms. The Labute approximate surface area is 188 Å². The number of halogens is 2. The maximum absolute atomic E-state index is 5.84. The zero-order valence-electron chi connectivity index (χ0n) is 15.4. The molecule has 0 N–H and O–H groups in total. The smallest absolute Gasteiger partial charge is 0.214 e. The van der Waals surface area contributed by atoms with Crippen LogP contribution in [0.3, 0.4) is 0 Å². The van der Waals surface area contributed by atoms with E-state index < -0.39 is 0 Å². The van der Waals surface area contributed by atoms with Gasteiger partial charge in [-0.3, -0.25) is 0 Å². The summed E-state index contributed by atoms with van der Waals surface area (Å²) in [7, 11) is 0. The minimum Gasteiger partial charge on any atom is -0.214 e.